The molecule has 0 spiro atoms. The molecule has 2 aliphatic rings. The molecule has 0 atom stereocenters. The van der Waals surface area contributed by atoms with Crippen LogP contribution in [-0.4, -0.2) is 42.0 Å². The highest BCUT2D eigenvalue weighted by Gasteiger charge is 2.27. The average Bonchev–Trinajstić information content (AvgIpc) is 2.67. The molecule has 2 fully saturated rings. The Hall–Kier alpha value is -0.730. The highest BCUT2D eigenvalue weighted by atomic mass is 16.2. The van der Waals surface area contributed by atoms with Gasteiger partial charge in [-0.1, -0.05) is 19.8 Å². The number of carbonyl (C=O) groups excluding carboxylic acids is 1. The molecule has 0 aromatic heterocycles. The third-order valence-electron chi connectivity index (χ3n) is 4.71. The van der Waals surface area contributed by atoms with Gasteiger partial charge in [0.25, 0.3) is 0 Å². The Morgan fingerprint density at radius 2 is 1.56 bits per heavy atom. The van der Waals surface area contributed by atoms with E-state index in [9.17, 15) is 4.79 Å². The molecule has 3 nitrogen and oxygen atoms in total. The molecule has 0 N–H and O–H groups in total. The van der Waals surface area contributed by atoms with Crippen molar-refractivity contribution in [3.05, 3.63) is 0 Å². The smallest absolute Gasteiger partial charge is 0.319 e. The second-order valence-corrected chi connectivity index (χ2v) is 6.21. The van der Waals surface area contributed by atoms with Crippen molar-refractivity contribution < 1.29 is 4.79 Å². The van der Waals surface area contributed by atoms with Gasteiger partial charge >= 0.3 is 6.03 Å². The molecule has 1 saturated carbocycles. The molecule has 0 aromatic carbocycles. The van der Waals surface area contributed by atoms with Crippen LogP contribution < -0.4 is 0 Å². The SMILES string of the molecule is CC1CCC(N(C)C(=O)N2CCCCCC2)CC1. The summed E-state index contributed by atoms with van der Waals surface area (Å²) in [7, 11) is 2.01. The van der Waals surface area contributed by atoms with E-state index in [0.717, 1.165) is 19.0 Å². The Bertz CT molecular complexity index is 264. The van der Waals surface area contributed by atoms with Crippen molar-refractivity contribution in [3.8, 4) is 0 Å². The van der Waals surface area contributed by atoms with E-state index >= 15 is 0 Å². The minimum atomic E-state index is 0.274. The van der Waals surface area contributed by atoms with Gasteiger partial charge in [-0.2, -0.15) is 0 Å². The van der Waals surface area contributed by atoms with Crippen molar-refractivity contribution in [1.29, 1.82) is 0 Å². The summed E-state index contributed by atoms with van der Waals surface area (Å²) in [5, 5.41) is 0. The van der Waals surface area contributed by atoms with Crippen LogP contribution >= 0.6 is 0 Å². The lowest BCUT2D eigenvalue weighted by molar-refractivity contribution is 0.129. The van der Waals surface area contributed by atoms with Gasteiger partial charge in [-0.25, -0.2) is 4.79 Å². The predicted molar refractivity (Wildman–Crippen MR) is 74.6 cm³/mol. The second-order valence-electron chi connectivity index (χ2n) is 6.21. The van der Waals surface area contributed by atoms with Crippen LogP contribution in [0.3, 0.4) is 0 Å². The first-order valence-corrected chi connectivity index (χ1v) is 7.70. The van der Waals surface area contributed by atoms with E-state index in [-0.39, 0.29) is 6.03 Å². The summed E-state index contributed by atoms with van der Waals surface area (Å²) in [5.41, 5.74) is 0. The van der Waals surface area contributed by atoms with E-state index in [0.29, 0.717) is 6.04 Å². The fraction of sp³-hybridized carbons (Fsp3) is 0.933. The average molecular weight is 252 g/mol. The standard InChI is InChI=1S/C15H28N2O/c1-13-7-9-14(10-8-13)16(2)15(18)17-11-5-3-4-6-12-17/h13-14H,3-12H2,1-2H3. The van der Waals surface area contributed by atoms with E-state index in [1.807, 2.05) is 11.9 Å². The summed E-state index contributed by atoms with van der Waals surface area (Å²) in [4.78, 5) is 16.6. The summed E-state index contributed by atoms with van der Waals surface area (Å²) >= 11 is 0. The van der Waals surface area contributed by atoms with E-state index in [4.69, 9.17) is 0 Å². The number of nitrogens with zero attached hydrogens (tertiary/aromatic N) is 2. The lowest BCUT2D eigenvalue weighted by Crippen LogP contribution is -2.47. The van der Waals surface area contributed by atoms with Crippen molar-refractivity contribution in [2.24, 2.45) is 5.92 Å². The zero-order valence-corrected chi connectivity index (χ0v) is 12.0. The van der Waals surface area contributed by atoms with E-state index in [2.05, 4.69) is 11.8 Å². The van der Waals surface area contributed by atoms with Gasteiger partial charge in [-0.05, 0) is 44.4 Å². The van der Waals surface area contributed by atoms with Crippen LogP contribution in [0, 0.1) is 5.92 Å². The van der Waals surface area contributed by atoms with Crippen molar-refractivity contribution in [2.45, 2.75) is 64.3 Å². The number of rotatable bonds is 1. The number of carbonyl (C=O) groups is 1. The van der Waals surface area contributed by atoms with Gasteiger partial charge in [0.1, 0.15) is 0 Å². The molecule has 2 rings (SSSR count). The van der Waals surface area contributed by atoms with Crippen molar-refractivity contribution in [2.75, 3.05) is 20.1 Å². The molecule has 18 heavy (non-hydrogen) atoms. The molecule has 0 radical (unpaired) electrons. The quantitative estimate of drug-likeness (QED) is 0.700. The van der Waals surface area contributed by atoms with Crippen LogP contribution in [0.2, 0.25) is 0 Å². The van der Waals surface area contributed by atoms with Gasteiger partial charge in [-0.3, -0.25) is 0 Å². The highest BCUT2D eigenvalue weighted by Crippen LogP contribution is 2.27. The predicted octanol–water partition coefficient (Wildman–Crippen LogP) is 3.49. The molecule has 1 saturated heterocycles. The molecule has 104 valence electrons. The largest absolute Gasteiger partial charge is 0.325 e. The Morgan fingerprint density at radius 3 is 2.11 bits per heavy atom. The monoisotopic (exact) mass is 252 g/mol. The maximum absolute atomic E-state index is 12.5. The normalized spacial score (nSPS) is 29.8. The van der Waals surface area contributed by atoms with Crippen LogP contribution in [0.1, 0.15) is 58.3 Å². The first-order valence-electron chi connectivity index (χ1n) is 7.70. The number of hydrogen-bond acceptors (Lipinski definition) is 1. The lowest BCUT2D eigenvalue weighted by atomic mass is 9.87. The Kier molecular flexibility index (Phi) is 4.90. The number of likely N-dealkylation sites (tertiary alicyclic amines) is 1. The van der Waals surface area contributed by atoms with Gasteiger partial charge in [0.15, 0.2) is 0 Å². The first kappa shape index (κ1) is 13.7. The van der Waals surface area contributed by atoms with Gasteiger partial charge in [0, 0.05) is 26.2 Å². The summed E-state index contributed by atoms with van der Waals surface area (Å²) in [6.07, 6.45) is 9.88. The third-order valence-corrected chi connectivity index (χ3v) is 4.71. The van der Waals surface area contributed by atoms with Gasteiger partial charge in [-0.15, -0.1) is 0 Å². The van der Waals surface area contributed by atoms with Gasteiger partial charge < -0.3 is 9.80 Å². The summed E-state index contributed by atoms with van der Waals surface area (Å²) in [6.45, 7) is 4.26. The zero-order valence-electron chi connectivity index (χ0n) is 12.0. The van der Waals surface area contributed by atoms with Crippen molar-refractivity contribution >= 4 is 6.03 Å². The Labute approximate surface area is 112 Å². The lowest BCUT2D eigenvalue weighted by Gasteiger charge is -2.36. The topological polar surface area (TPSA) is 23.6 Å². The molecular formula is C15H28N2O. The van der Waals surface area contributed by atoms with Crippen LogP contribution in [0.5, 0.6) is 0 Å². The van der Waals surface area contributed by atoms with Gasteiger partial charge in [0.2, 0.25) is 0 Å². The minimum absolute atomic E-state index is 0.274. The number of amides is 2. The maximum Gasteiger partial charge on any atom is 0.319 e. The van der Waals surface area contributed by atoms with E-state index < -0.39 is 0 Å². The van der Waals surface area contributed by atoms with Crippen molar-refractivity contribution in [1.82, 2.24) is 9.80 Å². The number of hydrogen-bond donors (Lipinski definition) is 0. The summed E-state index contributed by atoms with van der Waals surface area (Å²) in [5.74, 6) is 0.850. The molecule has 3 heteroatoms. The fourth-order valence-electron chi connectivity index (χ4n) is 3.27. The Morgan fingerprint density at radius 1 is 1.00 bits per heavy atom. The fourth-order valence-corrected chi connectivity index (χ4v) is 3.27. The van der Waals surface area contributed by atoms with E-state index in [1.165, 1.54) is 51.4 Å². The van der Waals surface area contributed by atoms with Crippen LogP contribution in [0.25, 0.3) is 0 Å². The molecule has 2 amide bonds. The molecule has 0 bridgehead atoms. The second kappa shape index (κ2) is 6.44. The molecule has 1 aliphatic heterocycles. The molecular weight excluding hydrogens is 224 g/mol. The highest BCUT2D eigenvalue weighted by molar-refractivity contribution is 5.74. The Balaban J connectivity index is 1.87. The molecule has 1 aliphatic carbocycles. The first-order chi connectivity index (χ1) is 8.68. The van der Waals surface area contributed by atoms with Gasteiger partial charge in [0.05, 0.1) is 0 Å². The number of urea groups is 1. The van der Waals surface area contributed by atoms with Crippen LogP contribution in [0.4, 0.5) is 4.79 Å². The molecule has 0 aromatic rings. The maximum atomic E-state index is 12.5. The van der Waals surface area contributed by atoms with Crippen LogP contribution in [-0.2, 0) is 0 Å². The molecule has 1 heterocycles. The minimum Gasteiger partial charge on any atom is -0.325 e. The summed E-state index contributed by atoms with van der Waals surface area (Å²) in [6, 6.07) is 0.758. The zero-order chi connectivity index (χ0) is 13.0. The third kappa shape index (κ3) is 3.39. The molecule has 0 unspecified atom stereocenters. The van der Waals surface area contributed by atoms with Crippen LogP contribution in [0.15, 0.2) is 0 Å². The van der Waals surface area contributed by atoms with Crippen molar-refractivity contribution in [3.63, 3.8) is 0 Å². The van der Waals surface area contributed by atoms with E-state index in [1.54, 1.807) is 0 Å². The summed E-state index contributed by atoms with van der Waals surface area (Å²) < 4.78 is 0.